The van der Waals surface area contributed by atoms with E-state index in [1.54, 1.807) is 0 Å². The highest BCUT2D eigenvalue weighted by Gasteiger charge is 2.14. The second-order valence-corrected chi connectivity index (χ2v) is 4.01. The first-order valence-corrected chi connectivity index (χ1v) is 6.92. The molecule has 1 heterocycles. The smallest absolute Gasteiger partial charge is 0.0110 e. The van der Waals surface area contributed by atoms with Crippen molar-refractivity contribution in [2.24, 2.45) is 11.5 Å². The van der Waals surface area contributed by atoms with Crippen molar-refractivity contribution < 1.29 is 0 Å². The quantitative estimate of drug-likeness (QED) is 0.509. The van der Waals surface area contributed by atoms with Crippen molar-refractivity contribution in [3.63, 3.8) is 0 Å². The van der Waals surface area contributed by atoms with Gasteiger partial charge in [0.2, 0.25) is 0 Å². The minimum Gasteiger partial charge on any atom is -0.329 e. The number of nitrogens with one attached hydrogen (secondary N) is 1. The number of rotatable bonds is 7. The Hall–Kier alpha value is -0.200. The fourth-order valence-electron chi connectivity index (χ4n) is 1.88. The summed E-state index contributed by atoms with van der Waals surface area (Å²) in [4.78, 5) is 4.93. The van der Waals surface area contributed by atoms with Gasteiger partial charge in [-0.15, -0.1) is 0 Å². The normalized spacial score (nSPS) is 17.6. The van der Waals surface area contributed by atoms with Crippen LogP contribution in [0.1, 0.15) is 13.8 Å². The van der Waals surface area contributed by atoms with Gasteiger partial charge in [-0.2, -0.15) is 0 Å². The van der Waals surface area contributed by atoms with Crippen LogP contribution in [0.3, 0.4) is 0 Å². The first-order valence-electron chi connectivity index (χ1n) is 6.92. The van der Waals surface area contributed by atoms with E-state index in [0.29, 0.717) is 0 Å². The molecule has 0 radical (unpaired) electrons. The summed E-state index contributed by atoms with van der Waals surface area (Å²) < 4.78 is 0. The van der Waals surface area contributed by atoms with Crippen LogP contribution >= 0.6 is 0 Å². The highest BCUT2D eigenvalue weighted by molar-refractivity contribution is 4.72. The van der Waals surface area contributed by atoms with E-state index in [1.165, 1.54) is 13.1 Å². The molecule has 5 nitrogen and oxygen atoms in total. The van der Waals surface area contributed by atoms with Crippen LogP contribution in [0.25, 0.3) is 0 Å². The SMILES string of the molecule is CC.NCCNCCN1CCN(CCN)CC1. The third kappa shape index (κ3) is 8.51. The summed E-state index contributed by atoms with van der Waals surface area (Å²) in [6, 6.07) is 0. The second-order valence-electron chi connectivity index (χ2n) is 4.01. The Labute approximate surface area is 107 Å². The first kappa shape index (κ1) is 16.8. The van der Waals surface area contributed by atoms with E-state index in [2.05, 4.69) is 15.1 Å². The topological polar surface area (TPSA) is 70.5 Å². The summed E-state index contributed by atoms with van der Waals surface area (Å²) in [5, 5.41) is 3.32. The minimum absolute atomic E-state index is 0.726. The summed E-state index contributed by atoms with van der Waals surface area (Å²) in [7, 11) is 0. The lowest BCUT2D eigenvalue weighted by atomic mass is 10.3. The molecule has 0 aromatic rings. The molecule has 1 saturated heterocycles. The van der Waals surface area contributed by atoms with Crippen molar-refractivity contribution in [3.05, 3.63) is 0 Å². The van der Waals surface area contributed by atoms with Crippen molar-refractivity contribution >= 4 is 0 Å². The lowest BCUT2D eigenvalue weighted by molar-refractivity contribution is 0.136. The van der Waals surface area contributed by atoms with Gasteiger partial charge in [0.05, 0.1) is 0 Å². The molecule has 0 saturated carbocycles. The summed E-state index contributed by atoms with van der Waals surface area (Å²) in [6.07, 6.45) is 0. The number of nitrogens with two attached hydrogens (primary N) is 2. The summed E-state index contributed by atoms with van der Waals surface area (Å²) >= 11 is 0. The molecule has 0 atom stereocenters. The summed E-state index contributed by atoms with van der Waals surface area (Å²) in [5.74, 6) is 0. The molecule has 0 unspecified atom stereocenters. The Kier molecular flexibility index (Phi) is 12.1. The van der Waals surface area contributed by atoms with Gasteiger partial charge in [0.15, 0.2) is 0 Å². The number of nitrogens with zero attached hydrogens (tertiary/aromatic N) is 2. The molecule has 0 aromatic carbocycles. The number of piperazine rings is 1. The maximum atomic E-state index is 5.53. The Morgan fingerprint density at radius 1 is 0.824 bits per heavy atom. The first-order chi connectivity index (χ1) is 8.36. The fraction of sp³-hybridized carbons (Fsp3) is 1.00. The standard InChI is InChI=1S/C10H25N5.C2H6/c11-1-3-13-4-6-15-9-7-14(5-2-12)8-10-15;1-2/h13H,1-12H2;1-2H3. The lowest BCUT2D eigenvalue weighted by Crippen LogP contribution is -2.49. The molecule has 17 heavy (non-hydrogen) atoms. The molecule has 5 N–H and O–H groups in total. The monoisotopic (exact) mass is 245 g/mol. The van der Waals surface area contributed by atoms with Crippen molar-refractivity contribution in [3.8, 4) is 0 Å². The second kappa shape index (κ2) is 12.3. The summed E-state index contributed by atoms with van der Waals surface area (Å²) in [5.41, 5.74) is 10.9. The van der Waals surface area contributed by atoms with Crippen molar-refractivity contribution in [2.75, 3.05) is 65.4 Å². The summed E-state index contributed by atoms with van der Waals surface area (Å²) in [6.45, 7) is 14.3. The van der Waals surface area contributed by atoms with Crippen molar-refractivity contribution in [1.29, 1.82) is 0 Å². The fourth-order valence-corrected chi connectivity index (χ4v) is 1.88. The number of hydrogen-bond donors (Lipinski definition) is 3. The third-order valence-corrected chi connectivity index (χ3v) is 2.84. The van der Waals surface area contributed by atoms with Crippen LogP contribution in [0.15, 0.2) is 0 Å². The van der Waals surface area contributed by atoms with Crippen molar-refractivity contribution in [2.45, 2.75) is 13.8 Å². The predicted octanol–water partition coefficient (Wildman–Crippen LogP) is -0.863. The zero-order chi connectivity index (χ0) is 12.9. The van der Waals surface area contributed by atoms with Crippen molar-refractivity contribution in [1.82, 2.24) is 15.1 Å². The number of hydrogen-bond acceptors (Lipinski definition) is 5. The third-order valence-electron chi connectivity index (χ3n) is 2.84. The Morgan fingerprint density at radius 2 is 1.35 bits per heavy atom. The Morgan fingerprint density at radius 3 is 1.82 bits per heavy atom. The van der Waals surface area contributed by atoms with Gasteiger partial charge in [-0.25, -0.2) is 0 Å². The van der Waals surface area contributed by atoms with Gasteiger partial charge in [0.1, 0.15) is 0 Å². The predicted molar refractivity (Wildman–Crippen MR) is 75.2 cm³/mol. The Balaban J connectivity index is 0.00000121. The largest absolute Gasteiger partial charge is 0.329 e. The average Bonchev–Trinajstić information content (AvgIpc) is 2.39. The van der Waals surface area contributed by atoms with E-state index in [9.17, 15) is 0 Å². The molecule has 0 aliphatic carbocycles. The van der Waals surface area contributed by atoms with E-state index >= 15 is 0 Å². The maximum Gasteiger partial charge on any atom is 0.0110 e. The van der Waals surface area contributed by atoms with Gasteiger partial charge < -0.3 is 16.8 Å². The zero-order valence-corrected chi connectivity index (χ0v) is 11.6. The zero-order valence-electron chi connectivity index (χ0n) is 11.6. The minimum atomic E-state index is 0.726. The van der Waals surface area contributed by atoms with Gasteiger partial charge in [-0.05, 0) is 0 Å². The van der Waals surface area contributed by atoms with Crippen LogP contribution in [0, 0.1) is 0 Å². The lowest BCUT2D eigenvalue weighted by Gasteiger charge is -2.34. The van der Waals surface area contributed by atoms with Gasteiger partial charge in [-0.3, -0.25) is 9.80 Å². The van der Waals surface area contributed by atoms with Crippen LogP contribution in [-0.4, -0.2) is 75.2 Å². The van der Waals surface area contributed by atoms with E-state index in [1.807, 2.05) is 13.8 Å². The molecule has 1 aliphatic heterocycles. The van der Waals surface area contributed by atoms with E-state index in [0.717, 1.165) is 52.4 Å². The molecule has 0 amide bonds. The molecule has 0 spiro atoms. The maximum absolute atomic E-state index is 5.53. The van der Waals surface area contributed by atoms with Gasteiger partial charge in [-0.1, -0.05) is 13.8 Å². The molecule has 5 heteroatoms. The van der Waals surface area contributed by atoms with E-state index in [-0.39, 0.29) is 0 Å². The van der Waals surface area contributed by atoms with Gasteiger partial charge >= 0.3 is 0 Å². The van der Waals surface area contributed by atoms with Crippen LogP contribution in [0.5, 0.6) is 0 Å². The van der Waals surface area contributed by atoms with Crippen LogP contribution < -0.4 is 16.8 Å². The molecular weight excluding hydrogens is 214 g/mol. The molecule has 1 fully saturated rings. The molecule has 0 bridgehead atoms. The van der Waals surface area contributed by atoms with Crippen LogP contribution in [0.2, 0.25) is 0 Å². The molecule has 1 aliphatic rings. The molecule has 104 valence electrons. The highest BCUT2D eigenvalue weighted by atomic mass is 15.3. The Bertz CT molecular complexity index is 143. The van der Waals surface area contributed by atoms with E-state index < -0.39 is 0 Å². The molecular formula is C12H31N5. The highest BCUT2D eigenvalue weighted by Crippen LogP contribution is 1.99. The van der Waals surface area contributed by atoms with Crippen LogP contribution in [0.4, 0.5) is 0 Å². The van der Waals surface area contributed by atoms with Crippen LogP contribution in [-0.2, 0) is 0 Å². The molecule has 1 rings (SSSR count). The van der Waals surface area contributed by atoms with Gasteiger partial charge in [0.25, 0.3) is 0 Å². The average molecular weight is 245 g/mol. The molecule has 0 aromatic heterocycles. The van der Waals surface area contributed by atoms with E-state index in [4.69, 9.17) is 11.5 Å². The van der Waals surface area contributed by atoms with Gasteiger partial charge in [0, 0.05) is 65.4 Å².